The average molecular weight is 179 g/mol. The number of nitriles is 1. The first-order valence-corrected chi connectivity index (χ1v) is 4.75. The molecule has 0 aromatic carbocycles. The summed E-state index contributed by atoms with van der Waals surface area (Å²) < 4.78 is 0. The van der Waals surface area contributed by atoms with Crippen molar-refractivity contribution < 1.29 is 4.79 Å². The second-order valence-corrected chi connectivity index (χ2v) is 3.71. The molecule has 2 heterocycles. The number of amides is 2. The topological polar surface area (TPSA) is 47.3 Å². The fourth-order valence-electron chi connectivity index (χ4n) is 1.82. The van der Waals surface area contributed by atoms with Crippen LogP contribution in [0.15, 0.2) is 0 Å². The smallest absolute Gasteiger partial charge is 0.320 e. The summed E-state index contributed by atoms with van der Waals surface area (Å²) in [4.78, 5) is 15.3. The van der Waals surface area contributed by atoms with Crippen molar-refractivity contribution >= 4 is 6.03 Å². The third-order valence-electron chi connectivity index (χ3n) is 2.71. The van der Waals surface area contributed by atoms with Crippen molar-refractivity contribution in [2.45, 2.75) is 12.8 Å². The number of rotatable bonds is 0. The zero-order valence-corrected chi connectivity index (χ0v) is 7.57. The fraction of sp³-hybridized carbons (Fsp3) is 0.778. The molecule has 2 amide bonds. The van der Waals surface area contributed by atoms with Crippen LogP contribution in [0.3, 0.4) is 0 Å². The minimum absolute atomic E-state index is 0.0755. The summed E-state index contributed by atoms with van der Waals surface area (Å²) in [7, 11) is 0. The molecule has 2 saturated heterocycles. The predicted octanol–water partition coefficient (Wildman–Crippen LogP) is 0.658. The monoisotopic (exact) mass is 179 g/mol. The molecule has 0 aromatic rings. The first-order valence-electron chi connectivity index (χ1n) is 4.75. The largest absolute Gasteiger partial charge is 0.325 e. The molecule has 13 heavy (non-hydrogen) atoms. The van der Waals surface area contributed by atoms with Gasteiger partial charge in [0.25, 0.3) is 0 Å². The Morgan fingerprint density at radius 3 is 2.38 bits per heavy atom. The molecule has 70 valence electrons. The molecular weight excluding hydrogens is 166 g/mol. The lowest BCUT2D eigenvalue weighted by Gasteiger charge is -2.37. The number of carbonyl (C=O) groups is 1. The summed E-state index contributed by atoms with van der Waals surface area (Å²) in [6, 6.07) is 2.29. The normalized spacial score (nSPS) is 22.7. The standard InChI is InChI=1S/C9H13N3O/c10-5-8-6-12(7-8)9(13)11-3-1-2-4-11/h8H,1-4,6-7H2. The zero-order chi connectivity index (χ0) is 9.26. The van der Waals surface area contributed by atoms with E-state index in [1.54, 1.807) is 4.90 Å². The zero-order valence-electron chi connectivity index (χ0n) is 7.57. The van der Waals surface area contributed by atoms with E-state index in [1.807, 2.05) is 4.90 Å². The van der Waals surface area contributed by atoms with Gasteiger partial charge in [-0.25, -0.2) is 4.79 Å². The van der Waals surface area contributed by atoms with Crippen LogP contribution in [0.2, 0.25) is 0 Å². The molecule has 2 aliphatic heterocycles. The van der Waals surface area contributed by atoms with E-state index in [2.05, 4.69) is 6.07 Å². The molecule has 0 bridgehead atoms. The molecular formula is C9H13N3O. The summed E-state index contributed by atoms with van der Waals surface area (Å²) in [6.07, 6.45) is 2.25. The van der Waals surface area contributed by atoms with Gasteiger partial charge in [0, 0.05) is 26.2 Å². The maximum Gasteiger partial charge on any atom is 0.320 e. The van der Waals surface area contributed by atoms with Gasteiger partial charge in [0.05, 0.1) is 12.0 Å². The van der Waals surface area contributed by atoms with Gasteiger partial charge in [0.1, 0.15) is 0 Å². The Hall–Kier alpha value is -1.24. The van der Waals surface area contributed by atoms with E-state index in [4.69, 9.17) is 5.26 Å². The van der Waals surface area contributed by atoms with Gasteiger partial charge in [-0.1, -0.05) is 0 Å². The second-order valence-electron chi connectivity index (χ2n) is 3.71. The summed E-state index contributed by atoms with van der Waals surface area (Å²) in [5, 5.41) is 8.55. The van der Waals surface area contributed by atoms with Gasteiger partial charge < -0.3 is 9.80 Å². The molecule has 4 nitrogen and oxygen atoms in total. The van der Waals surface area contributed by atoms with Gasteiger partial charge in [-0.3, -0.25) is 0 Å². The van der Waals surface area contributed by atoms with Gasteiger partial charge in [-0.05, 0) is 12.8 Å². The molecule has 0 aromatic heterocycles. The molecule has 2 rings (SSSR count). The van der Waals surface area contributed by atoms with E-state index >= 15 is 0 Å². The molecule has 0 N–H and O–H groups in total. The van der Waals surface area contributed by atoms with Crippen LogP contribution in [-0.2, 0) is 0 Å². The lowest BCUT2D eigenvalue weighted by Crippen LogP contribution is -2.53. The number of carbonyl (C=O) groups excluding carboxylic acids is 1. The molecule has 4 heteroatoms. The molecule has 2 aliphatic rings. The maximum atomic E-state index is 11.6. The number of hydrogen-bond acceptors (Lipinski definition) is 2. The van der Waals surface area contributed by atoms with Gasteiger partial charge >= 0.3 is 6.03 Å². The first kappa shape index (κ1) is 8.36. The van der Waals surface area contributed by atoms with Crippen molar-refractivity contribution in [1.82, 2.24) is 9.80 Å². The minimum atomic E-state index is 0.0755. The van der Waals surface area contributed by atoms with Crippen LogP contribution in [0.25, 0.3) is 0 Å². The van der Waals surface area contributed by atoms with E-state index in [9.17, 15) is 4.79 Å². The number of hydrogen-bond donors (Lipinski definition) is 0. The van der Waals surface area contributed by atoms with Crippen LogP contribution in [-0.4, -0.2) is 42.0 Å². The van der Waals surface area contributed by atoms with Crippen molar-refractivity contribution in [2.75, 3.05) is 26.2 Å². The Balaban J connectivity index is 1.82. The Morgan fingerprint density at radius 2 is 1.85 bits per heavy atom. The van der Waals surface area contributed by atoms with Gasteiger partial charge in [0.2, 0.25) is 0 Å². The van der Waals surface area contributed by atoms with Crippen LogP contribution in [0, 0.1) is 17.2 Å². The molecule has 2 fully saturated rings. The van der Waals surface area contributed by atoms with Gasteiger partial charge in [-0.15, -0.1) is 0 Å². The second kappa shape index (κ2) is 3.25. The van der Waals surface area contributed by atoms with Crippen LogP contribution in [0.1, 0.15) is 12.8 Å². The summed E-state index contributed by atoms with van der Waals surface area (Å²) in [5.74, 6) is 0.0755. The van der Waals surface area contributed by atoms with Crippen LogP contribution in [0.4, 0.5) is 4.79 Å². The lowest BCUT2D eigenvalue weighted by atomic mass is 10.0. The Morgan fingerprint density at radius 1 is 1.23 bits per heavy atom. The van der Waals surface area contributed by atoms with Crippen LogP contribution >= 0.6 is 0 Å². The molecule has 0 atom stereocenters. The molecule has 0 aliphatic carbocycles. The highest BCUT2D eigenvalue weighted by Gasteiger charge is 2.33. The molecule has 0 radical (unpaired) electrons. The van der Waals surface area contributed by atoms with E-state index in [-0.39, 0.29) is 11.9 Å². The SMILES string of the molecule is N#CC1CN(C(=O)N2CCCC2)C1. The van der Waals surface area contributed by atoms with Crippen molar-refractivity contribution in [3.05, 3.63) is 0 Å². The van der Waals surface area contributed by atoms with E-state index in [1.165, 1.54) is 0 Å². The Labute approximate surface area is 77.7 Å². The van der Waals surface area contributed by atoms with Crippen molar-refractivity contribution in [2.24, 2.45) is 5.92 Å². The predicted molar refractivity (Wildman–Crippen MR) is 46.9 cm³/mol. The minimum Gasteiger partial charge on any atom is -0.325 e. The quantitative estimate of drug-likeness (QED) is 0.548. The Kier molecular flexibility index (Phi) is 2.09. The maximum absolute atomic E-state index is 11.6. The van der Waals surface area contributed by atoms with Gasteiger partial charge in [-0.2, -0.15) is 5.26 Å². The molecule has 0 saturated carbocycles. The Bertz CT molecular complexity index is 246. The van der Waals surface area contributed by atoms with Crippen molar-refractivity contribution in [3.63, 3.8) is 0 Å². The number of nitrogens with zero attached hydrogens (tertiary/aromatic N) is 3. The fourth-order valence-corrected chi connectivity index (χ4v) is 1.82. The van der Waals surface area contributed by atoms with E-state index in [0.717, 1.165) is 25.9 Å². The third-order valence-corrected chi connectivity index (χ3v) is 2.71. The third kappa shape index (κ3) is 1.46. The lowest BCUT2D eigenvalue weighted by molar-refractivity contribution is 0.115. The summed E-state index contributed by atoms with van der Waals surface area (Å²) in [5.41, 5.74) is 0. The highest BCUT2D eigenvalue weighted by atomic mass is 16.2. The van der Waals surface area contributed by atoms with Crippen molar-refractivity contribution in [3.8, 4) is 6.07 Å². The number of likely N-dealkylation sites (tertiary alicyclic amines) is 2. The van der Waals surface area contributed by atoms with Crippen LogP contribution in [0.5, 0.6) is 0 Å². The van der Waals surface area contributed by atoms with Gasteiger partial charge in [0.15, 0.2) is 0 Å². The summed E-state index contributed by atoms with van der Waals surface area (Å²) in [6.45, 7) is 3.05. The average Bonchev–Trinajstić information content (AvgIpc) is 2.53. The number of urea groups is 1. The summed E-state index contributed by atoms with van der Waals surface area (Å²) >= 11 is 0. The molecule has 0 unspecified atom stereocenters. The highest BCUT2D eigenvalue weighted by molar-refractivity contribution is 5.75. The highest BCUT2D eigenvalue weighted by Crippen LogP contribution is 2.18. The molecule has 0 spiro atoms. The van der Waals surface area contributed by atoms with E-state index < -0.39 is 0 Å². The van der Waals surface area contributed by atoms with Crippen molar-refractivity contribution in [1.29, 1.82) is 5.26 Å². The van der Waals surface area contributed by atoms with Crippen LogP contribution < -0.4 is 0 Å². The first-order chi connectivity index (χ1) is 6.31. The van der Waals surface area contributed by atoms with E-state index in [0.29, 0.717) is 13.1 Å².